The van der Waals surface area contributed by atoms with Gasteiger partial charge in [0.25, 0.3) is 5.91 Å². The number of rotatable bonds is 5. The number of hydrogen-bond acceptors (Lipinski definition) is 4. The van der Waals surface area contributed by atoms with E-state index in [4.69, 9.17) is 0 Å². The molecule has 1 fully saturated rings. The van der Waals surface area contributed by atoms with Crippen LogP contribution in [0.4, 0.5) is 5.13 Å². The maximum atomic E-state index is 12.5. The van der Waals surface area contributed by atoms with E-state index >= 15 is 0 Å². The van der Waals surface area contributed by atoms with Gasteiger partial charge in [-0.15, -0.1) is 11.3 Å². The van der Waals surface area contributed by atoms with Crippen LogP contribution in [0, 0.1) is 0 Å². The van der Waals surface area contributed by atoms with Crippen molar-refractivity contribution < 1.29 is 9.59 Å². The zero-order chi connectivity index (χ0) is 21.0. The first-order valence-electron chi connectivity index (χ1n) is 10.4. The fourth-order valence-electron chi connectivity index (χ4n) is 3.61. The number of amides is 2. The molecule has 1 heterocycles. The Labute approximate surface area is 177 Å². The molecule has 1 atom stereocenters. The van der Waals surface area contributed by atoms with E-state index in [9.17, 15) is 9.59 Å². The molecule has 2 N–H and O–H groups in total. The van der Waals surface area contributed by atoms with Crippen molar-refractivity contribution in [1.82, 2.24) is 10.3 Å². The van der Waals surface area contributed by atoms with Gasteiger partial charge >= 0.3 is 0 Å². The predicted octanol–water partition coefficient (Wildman–Crippen LogP) is 5.25. The number of anilines is 1. The summed E-state index contributed by atoms with van der Waals surface area (Å²) in [6.45, 7) is 8.08. The van der Waals surface area contributed by atoms with Crippen LogP contribution >= 0.6 is 11.3 Å². The van der Waals surface area contributed by atoms with E-state index in [1.165, 1.54) is 43.4 Å². The summed E-state index contributed by atoms with van der Waals surface area (Å²) >= 11 is 1.45. The minimum atomic E-state index is -0.646. The molecular weight excluding hydrogens is 382 g/mol. The fourth-order valence-corrected chi connectivity index (χ4v) is 4.41. The van der Waals surface area contributed by atoms with E-state index in [2.05, 4.69) is 36.4 Å². The Hall–Kier alpha value is -2.21. The van der Waals surface area contributed by atoms with E-state index in [0.717, 1.165) is 11.3 Å². The third-order valence-electron chi connectivity index (χ3n) is 5.53. The Morgan fingerprint density at radius 1 is 1.10 bits per heavy atom. The predicted molar refractivity (Wildman–Crippen MR) is 119 cm³/mol. The van der Waals surface area contributed by atoms with Gasteiger partial charge in [-0.3, -0.25) is 9.59 Å². The van der Waals surface area contributed by atoms with E-state index in [1.807, 2.05) is 17.5 Å². The van der Waals surface area contributed by atoms with Gasteiger partial charge < -0.3 is 10.6 Å². The highest BCUT2D eigenvalue weighted by molar-refractivity contribution is 7.13. The Morgan fingerprint density at radius 2 is 1.76 bits per heavy atom. The Kier molecular flexibility index (Phi) is 6.73. The molecule has 0 bridgehead atoms. The van der Waals surface area contributed by atoms with Crippen molar-refractivity contribution in [3.05, 3.63) is 46.5 Å². The molecule has 3 rings (SSSR count). The molecule has 0 unspecified atom stereocenters. The minimum absolute atomic E-state index is 0.0341. The van der Waals surface area contributed by atoms with Crippen LogP contribution in [0.15, 0.2) is 29.6 Å². The average molecular weight is 414 g/mol. The smallest absolute Gasteiger partial charge is 0.251 e. The molecule has 0 spiro atoms. The van der Waals surface area contributed by atoms with Gasteiger partial charge in [0, 0.05) is 16.9 Å². The van der Waals surface area contributed by atoms with Crippen molar-refractivity contribution in [1.29, 1.82) is 0 Å². The number of aromatic nitrogens is 1. The zero-order valence-corrected chi connectivity index (χ0v) is 18.6. The van der Waals surface area contributed by atoms with Crippen LogP contribution in [0.1, 0.15) is 87.3 Å². The highest BCUT2D eigenvalue weighted by atomic mass is 32.1. The van der Waals surface area contributed by atoms with Crippen molar-refractivity contribution in [3.8, 4) is 0 Å². The molecular formula is C23H31N3O2S. The zero-order valence-electron chi connectivity index (χ0n) is 17.7. The first-order valence-corrected chi connectivity index (χ1v) is 11.3. The second-order valence-electron chi connectivity index (χ2n) is 8.92. The van der Waals surface area contributed by atoms with Crippen molar-refractivity contribution in [2.45, 2.75) is 77.2 Å². The molecule has 1 aliphatic carbocycles. The van der Waals surface area contributed by atoms with Gasteiger partial charge in [0.2, 0.25) is 5.91 Å². The summed E-state index contributed by atoms with van der Waals surface area (Å²) in [6.07, 6.45) is 6.17. The molecule has 0 saturated heterocycles. The minimum Gasteiger partial charge on any atom is -0.341 e. The Morgan fingerprint density at radius 3 is 2.38 bits per heavy atom. The van der Waals surface area contributed by atoms with Gasteiger partial charge in [0.15, 0.2) is 5.13 Å². The van der Waals surface area contributed by atoms with Crippen molar-refractivity contribution in [2.24, 2.45) is 0 Å². The second kappa shape index (κ2) is 9.08. The molecule has 0 radical (unpaired) electrons. The average Bonchev–Trinajstić information content (AvgIpc) is 3.16. The highest BCUT2D eigenvalue weighted by Crippen LogP contribution is 2.34. The summed E-state index contributed by atoms with van der Waals surface area (Å²) in [5.74, 6) is 0.00296. The summed E-state index contributed by atoms with van der Waals surface area (Å²) < 4.78 is 0. The van der Waals surface area contributed by atoms with Crippen molar-refractivity contribution in [3.63, 3.8) is 0 Å². The molecule has 0 aliphatic heterocycles. The number of benzene rings is 1. The van der Waals surface area contributed by atoms with Crippen LogP contribution in [0.5, 0.6) is 0 Å². The quantitative estimate of drug-likeness (QED) is 0.704. The maximum absolute atomic E-state index is 12.5. The van der Waals surface area contributed by atoms with Gasteiger partial charge in [0.1, 0.15) is 6.04 Å². The van der Waals surface area contributed by atoms with Crippen LogP contribution in [-0.4, -0.2) is 22.8 Å². The third kappa shape index (κ3) is 5.66. The van der Waals surface area contributed by atoms with E-state index in [-0.39, 0.29) is 17.2 Å². The van der Waals surface area contributed by atoms with Crippen LogP contribution in [-0.2, 0) is 10.2 Å². The number of thiazole rings is 1. The lowest BCUT2D eigenvalue weighted by molar-refractivity contribution is -0.117. The molecule has 5 nitrogen and oxygen atoms in total. The highest BCUT2D eigenvalue weighted by Gasteiger charge is 2.21. The Bertz CT molecular complexity index is 846. The lowest BCUT2D eigenvalue weighted by Crippen LogP contribution is -2.41. The van der Waals surface area contributed by atoms with Gasteiger partial charge in [-0.2, -0.15) is 0 Å². The van der Waals surface area contributed by atoms with Crippen molar-refractivity contribution >= 4 is 28.3 Å². The van der Waals surface area contributed by atoms with Crippen molar-refractivity contribution in [2.75, 3.05) is 5.32 Å². The maximum Gasteiger partial charge on any atom is 0.251 e. The largest absolute Gasteiger partial charge is 0.341 e. The molecule has 2 amide bonds. The lowest BCUT2D eigenvalue weighted by Gasteiger charge is -2.19. The summed E-state index contributed by atoms with van der Waals surface area (Å²) in [6, 6.07) is 6.88. The number of nitrogens with zero attached hydrogens (tertiary/aromatic N) is 1. The summed E-state index contributed by atoms with van der Waals surface area (Å²) in [5, 5.41) is 8.26. The van der Waals surface area contributed by atoms with E-state index in [0.29, 0.717) is 16.6 Å². The summed E-state index contributed by atoms with van der Waals surface area (Å²) in [5.41, 5.74) is 2.83. The van der Waals surface area contributed by atoms with E-state index < -0.39 is 6.04 Å². The topological polar surface area (TPSA) is 71.1 Å². The number of nitrogens with one attached hydrogen (secondary N) is 2. The third-order valence-corrected chi connectivity index (χ3v) is 6.31. The molecule has 1 saturated carbocycles. The summed E-state index contributed by atoms with van der Waals surface area (Å²) in [4.78, 5) is 29.6. The molecule has 6 heteroatoms. The van der Waals surface area contributed by atoms with Crippen LogP contribution in [0.2, 0.25) is 0 Å². The number of hydrogen-bond donors (Lipinski definition) is 2. The Balaban J connectivity index is 1.55. The van der Waals surface area contributed by atoms with Crippen LogP contribution in [0.25, 0.3) is 0 Å². The molecule has 1 aromatic carbocycles. The molecule has 2 aromatic rings. The fraction of sp³-hybridized carbons (Fsp3) is 0.522. The van der Waals surface area contributed by atoms with Crippen LogP contribution < -0.4 is 10.6 Å². The molecule has 29 heavy (non-hydrogen) atoms. The lowest BCUT2D eigenvalue weighted by atomic mass is 9.86. The first kappa shape index (κ1) is 21.5. The number of carbonyl (C=O) groups is 2. The standard InChI is InChI=1S/C23H31N3O2S/c1-15(24-21(28)17-10-12-18(13-11-17)23(2,3)4)20(27)26-22-25-19(14-29-22)16-8-6-5-7-9-16/h10-16H,5-9H2,1-4H3,(H,24,28)(H,25,26,27)/t15-/m0/s1. The molecule has 1 aliphatic rings. The van der Waals surface area contributed by atoms with Gasteiger partial charge in [-0.25, -0.2) is 4.98 Å². The van der Waals surface area contributed by atoms with Gasteiger partial charge in [-0.1, -0.05) is 52.2 Å². The molecule has 156 valence electrons. The van der Waals surface area contributed by atoms with E-state index in [1.54, 1.807) is 19.1 Å². The second-order valence-corrected chi connectivity index (χ2v) is 9.78. The summed E-state index contributed by atoms with van der Waals surface area (Å²) in [7, 11) is 0. The van der Waals surface area contributed by atoms with Crippen LogP contribution in [0.3, 0.4) is 0 Å². The van der Waals surface area contributed by atoms with Gasteiger partial charge in [-0.05, 0) is 42.9 Å². The monoisotopic (exact) mass is 413 g/mol. The first-order chi connectivity index (χ1) is 13.7. The molecule has 1 aromatic heterocycles. The van der Waals surface area contributed by atoms with Gasteiger partial charge in [0.05, 0.1) is 5.69 Å². The number of carbonyl (C=O) groups excluding carboxylic acids is 2. The normalized spacial score (nSPS) is 16.3. The SMILES string of the molecule is C[C@H](NC(=O)c1ccc(C(C)(C)C)cc1)C(=O)Nc1nc(C2CCCCC2)cs1.